The van der Waals surface area contributed by atoms with Crippen molar-refractivity contribution in [3.63, 3.8) is 0 Å². The highest BCUT2D eigenvalue weighted by Crippen LogP contribution is 2.34. The van der Waals surface area contributed by atoms with Crippen molar-refractivity contribution in [3.05, 3.63) is 81.7 Å². The normalized spacial score (nSPS) is 17.4. The maximum absolute atomic E-state index is 13.7. The summed E-state index contributed by atoms with van der Waals surface area (Å²) < 4.78 is 0. The van der Waals surface area contributed by atoms with Crippen LogP contribution >= 0.6 is 0 Å². The summed E-state index contributed by atoms with van der Waals surface area (Å²) in [6.07, 6.45) is 4.22. The van der Waals surface area contributed by atoms with Gasteiger partial charge >= 0.3 is 0 Å². The van der Waals surface area contributed by atoms with Crippen LogP contribution in [0.25, 0.3) is 11.1 Å². The van der Waals surface area contributed by atoms with E-state index in [1.165, 1.54) is 5.56 Å². The maximum Gasteiger partial charge on any atom is 0.251 e. The Bertz CT molecular complexity index is 1280. The van der Waals surface area contributed by atoms with Gasteiger partial charge < -0.3 is 20.9 Å². The third kappa shape index (κ3) is 6.87. The maximum atomic E-state index is 13.7. The Hall–Kier alpha value is -3.22. The van der Waals surface area contributed by atoms with Crippen molar-refractivity contribution in [1.82, 2.24) is 15.2 Å². The molecule has 0 spiro atoms. The SMILES string of the molecule is Cc1cc(C)c(CNC(=O)c2cc(-c3ccc(CN(C)C)cc3)cc(N(C)C3CCC(N)CC3)c2C)c(C)n1. The average molecular weight is 528 g/mol. The Kier molecular flexibility index (Phi) is 9.08. The predicted octanol–water partition coefficient (Wildman–Crippen LogP) is 5.68. The van der Waals surface area contributed by atoms with Crippen LogP contribution in [-0.4, -0.2) is 49.0 Å². The van der Waals surface area contributed by atoms with E-state index >= 15 is 0 Å². The monoisotopic (exact) mass is 527 g/mol. The molecular weight excluding hydrogens is 482 g/mol. The van der Waals surface area contributed by atoms with Gasteiger partial charge in [-0.25, -0.2) is 0 Å². The molecule has 39 heavy (non-hydrogen) atoms. The third-order valence-corrected chi connectivity index (χ3v) is 8.19. The van der Waals surface area contributed by atoms with Gasteiger partial charge in [-0.15, -0.1) is 0 Å². The Morgan fingerprint density at radius 2 is 1.62 bits per heavy atom. The molecule has 1 saturated carbocycles. The summed E-state index contributed by atoms with van der Waals surface area (Å²) in [5, 5.41) is 3.20. The second-order valence-electron chi connectivity index (χ2n) is 11.6. The molecule has 1 aliphatic rings. The van der Waals surface area contributed by atoms with Crippen LogP contribution in [0.5, 0.6) is 0 Å². The molecule has 0 saturated heterocycles. The molecule has 1 heterocycles. The summed E-state index contributed by atoms with van der Waals surface area (Å²) in [6.45, 7) is 9.52. The number of rotatable bonds is 8. The molecule has 2 aromatic carbocycles. The second-order valence-corrected chi connectivity index (χ2v) is 11.6. The van der Waals surface area contributed by atoms with Crippen molar-refractivity contribution < 1.29 is 4.79 Å². The number of hydrogen-bond donors (Lipinski definition) is 2. The first kappa shape index (κ1) is 28.8. The van der Waals surface area contributed by atoms with E-state index in [0.29, 0.717) is 18.6 Å². The molecule has 6 nitrogen and oxygen atoms in total. The lowest BCUT2D eigenvalue weighted by molar-refractivity contribution is 0.0950. The zero-order chi connectivity index (χ0) is 28.3. The van der Waals surface area contributed by atoms with Gasteiger partial charge in [0, 0.05) is 54.9 Å². The lowest BCUT2D eigenvalue weighted by Crippen LogP contribution is -2.39. The minimum atomic E-state index is -0.0572. The van der Waals surface area contributed by atoms with E-state index in [1.54, 1.807) is 0 Å². The smallest absolute Gasteiger partial charge is 0.251 e. The van der Waals surface area contributed by atoms with Crippen LogP contribution in [0, 0.1) is 27.7 Å². The summed E-state index contributed by atoms with van der Waals surface area (Å²) in [7, 11) is 6.32. The molecule has 0 aliphatic heterocycles. The van der Waals surface area contributed by atoms with Crippen molar-refractivity contribution in [2.75, 3.05) is 26.0 Å². The van der Waals surface area contributed by atoms with E-state index in [2.05, 4.69) is 91.5 Å². The number of hydrogen-bond acceptors (Lipinski definition) is 5. The van der Waals surface area contributed by atoms with Gasteiger partial charge in [-0.05, 0) is 119 Å². The summed E-state index contributed by atoms with van der Waals surface area (Å²) in [6, 6.07) is 15.8. The fraction of sp³-hybridized carbons (Fsp3) is 0.455. The summed E-state index contributed by atoms with van der Waals surface area (Å²) in [5.74, 6) is -0.0572. The van der Waals surface area contributed by atoms with Crippen molar-refractivity contribution in [1.29, 1.82) is 0 Å². The molecule has 208 valence electrons. The van der Waals surface area contributed by atoms with Crippen LogP contribution in [-0.2, 0) is 13.1 Å². The standard InChI is InChI=1S/C33H45N5O/c1-21-16-22(2)36-24(4)31(21)19-35-33(39)30-17-27(26-10-8-25(9-11-26)20-37(5)6)18-32(23(30)3)38(7)29-14-12-28(34)13-15-29/h8-11,16-18,28-29H,12-15,19-20,34H2,1-7H3,(H,35,39). The molecule has 1 fully saturated rings. The van der Waals surface area contributed by atoms with Gasteiger partial charge in [-0.2, -0.15) is 0 Å². The highest BCUT2D eigenvalue weighted by atomic mass is 16.1. The molecule has 0 unspecified atom stereocenters. The van der Waals surface area contributed by atoms with Crippen molar-refractivity contribution in [2.24, 2.45) is 5.73 Å². The number of aryl methyl sites for hydroxylation is 3. The number of carbonyl (C=O) groups excluding carboxylic acids is 1. The number of aromatic nitrogens is 1. The van der Waals surface area contributed by atoms with Crippen LogP contribution in [0.15, 0.2) is 42.5 Å². The first-order chi connectivity index (χ1) is 18.5. The van der Waals surface area contributed by atoms with Crippen LogP contribution < -0.4 is 16.0 Å². The topological polar surface area (TPSA) is 74.5 Å². The number of carbonyl (C=O) groups is 1. The minimum absolute atomic E-state index is 0.0572. The zero-order valence-corrected chi connectivity index (χ0v) is 24.8. The quantitative estimate of drug-likeness (QED) is 0.394. The molecule has 3 aromatic rings. The lowest BCUT2D eigenvalue weighted by Gasteiger charge is -2.36. The molecular formula is C33H45N5O. The van der Waals surface area contributed by atoms with Gasteiger partial charge in [0.05, 0.1) is 0 Å². The molecule has 4 rings (SSSR count). The van der Waals surface area contributed by atoms with Gasteiger partial charge in [0.25, 0.3) is 5.91 Å². The van der Waals surface area contributed by atoms with E-state index in [0.717, 1.165) is 82.7 Å². The first-order valence-corrected chi connectivity index (χ1v) is 14.1. The van der Waals surface area contributed by atoms with Crippen LogP contribution in [0.4, 0.5) is 5.69 Å². The molecule has 0 atom stereocenters. The third-order valence-electron chi connectivity index (χ3n) is 8.19. The fourth-order valence-electron chi connectivity index (χ4n) is 5.90. The molecule has 0 radical (unpaired) electrons. The van der Waals surface area contributed by atoms with Gasteiger partial charge in [-0.3, -0.25) is 9.78 Å². The van der Waals surface area contributed by atoms with Gasteiger partial charge in [-0.1, -0.05) is 24.3 Å². The van der Waals surface area contributed by atoms with E-state index in [1.807, 2.05) is 19.9 Å². The fourth-order valence-corrected chi connectivity index (χ4v) is 5.90. The Morgan fingerprint density at radius 3 is 2.23 bits per heavy atom. The van der Waals surface area contributed by atoms with Crippen molar-refractivity contribution in [2.45, 2.75) is 78.6 Å². The molecule has 3 N–H and O–H groups in total. The Morgan fingerprint density at radius 1 is 0.949 bits per heavy atom. The number of benzene rings is 2. The highest BCUT2D eigenvalue weighted by Gasteiger charge is 2.25. The molecule has 1 aliphatic carbocycles. The number of amides is 1. The van der Waals surface area contributed by atoms with Crippen molar-refractivity contribution in [3.8, 4) is 11.1 Å². The number of nitrogens with two attached hydrogens (primary N) is 1. The Balaban J connectivity index is 1.68. The molecule has 1 amide bonds. The summed E-state index contributed by atoms with van der Waals surface area (Å²) >= 11 is 0. The van der Waals surface area contributed by atoms with E-state index < -0.39 is 0 Å². The first-order valence-electron chi connectivity index (χ1n) is 14.1. The molecule has 6 heteroatoms. The minimum Gasteiger partial charge on any atom is -0.371 e. The van der Waals surface area contributed by atoms with Crippen molar-refractivity contribution >= 4 is 11.6 Å². The second kappa shape index (κ2) is 12.3. The van der Waals surface area contributed by atoms with E-state index in [4.69, 9.17) is 5.73 Å². The molecule has 1 aromatic heterocycles. The average Bonchev–Trinajstić information content (AvgIpc) is 2.88. The number of nitrogens with one attached hydrogen (secondary N) is 1. The number of pyridine rings is 1. The Labute approximate surface area is 234 Å². The van der Waals surface area contributed by atoms with Crippen LogP contribution in [0.2, 0.25) is 0 Å². The summed E-state index contributed by atoms with van der Waals surface area (Å²) in [4.78, 5) is 22.9. The molecule has 0 bridgehead atoms. The van der Waals surface area contributed by atoms with Gasteiger partial charge in [0.2, 0.25) is 0 Å². The largest absolute Gasteiger partial charge is 0.371 e. The predicted molar refractivity (Wildman–Crippen MR) is 162 cm³/mol. The number of anilines is 1. The van der Waals surface area contributed by atoms with Crippen LogP contribution in [0.3, 0.4) is 0 Å². The summed E-state index contributed by atoms with van der Waals surface area (Å²) in [5.41, 5.74) is 16.7. The lowest BCUT2D eigenvalue weighted by atomic mass is 9.89. The van der Waals surface area contributed by atoms with Gasteiger partial charge in [0.15, 0.2) is 0 Å². The zero-order valence-electron chi connectivity index (χ0n) is 24.8. The van der Waals surface area contributed by atoms with Gasteiger partial charge in [0.1, 0.15) is 0 Å². The highest BCUT2D eigenvalue weighted by molar-refractivity contribution is 5.99. The number of nitrogens with zero attached hydrogens (tertiary/aromatic N) is 3. The van der Waals surface area contributed by atoms with E-state index in [-0.39, 0.29) is 5.91 Å². The van der Waals surface area contributed by atoms with Crippen LogP contribution in [0.1, 0.15) is 69.7 Å². The van der Waals surface area contributed by atoms with E-state index in [9.17, 15) is 4.79 Å².